The molecule has 0 N–H and O–H groups in total. The molecule has 2 aliphatic rings. The van der Waals surface area contributed by atoms with Gasteiger partial charge in [0.25, 0.3) is 0 Å². The second-order valence-corrected chi connectivity index (χ2v) is 60.4. The van der Waals surface area contributed by atoms with Crippen molar-refractivity contribution in [2.45, 2.75) is 100 Å². The number of hydrogen-bond acceptors (Lipinski definition) is 2. The fourth-order valence-electron chi connectivity index (χ4n) is 9.25. The maximum atomic E-state index is 8.67. The van der Waals surface area contributed by atoms with Crippen LogP contribution in [0.2, 0.25) is 13.1 Å². The summed E-state index contributed by atoms with van der Waals surface area (Å²) in [6.07, 6.45) is 4.75. The van der Waals surface area contributed by atoms with E-state index in [0.717, 1.165) is 44.9 Å². The van der Waals surface area contributed by atoms with Gasteiger partial charge < -0.3 is 0 Å². The summed E-state index contributed by atoms with van der Waals surface area (Å²) in [6.45, 7) is 27.2. The van der Waals surface area contributed by atoms with Crippen LogP contribution in [0.25, 0.3) is 34.4 Å². The molecular formula is C46H57Cl2O2SiZr. The predicted octanol–water partition coefficient (Wildman–Crippen LogP) is 13.8. The molecule has 0 heterocycles. The van der Waals surface area contributed by atoms with Crippen molar-refractivity contribution >= 4 is 35.1 Å². The fraction of sp³-hybridized carbons (Fsp3) is 0.391. The Labute approximate surface area is 322 Å². The van der Waals surface area contributed by atoms with Crippen LogP contribution in [0.15, 0.2) is 71.8 Å². The minimum absolute atomic E-state index is 0.0140. The standard InChI is InChI=1S/2C22H25O.C2H7Si.2ClH.Zr/c2*1-14-11-17-13-15(2)21(23-6)20(19(17)12-14)16-7-9-18(10-8-16)22(3,4)5;1-3-2;;;/h2*7-13H,1-6H3;3H,1-2H3;2*1H;/q;;;;;+2/p-2. The first-order valence-electron chi connectivity index (χ1n) is 18.7. The van der Waals surface area contributed by atoms with E-state index in [1.165, 1.54) is 44.5 Å². The number of allylic oxidation sites excluding steroid dienone is 2. The molecule has 0 radical (unpaired) electrons. The second kappa shape index (κ2) is 13.4. The first-order valence-corrected chi connectivity index (χ1v) is 35.0. The molecule has 6 heteroatoms. The van der Waals surface area contributed by atoms with Gasteiger partial charge in [0.15, 0.2) is 0 Å². The van der Waals surface area contributed by atoms with Crippen molar-refractivity contribution in [3.8, 4) is 33.8 Å². The Morgan fingerprint density at radius 2 is 0.904 bits per heavy atom. The van der Waals surface area contributed by atoms with E-state index in [-0.39, 0.29) is 18.1 Å². The fourth-order valence-corrected chi connectivity index (χ4v) is 42.1. The number of hydrogen-bond donors (Lipinski definition) is 0. The number of halogens is 2. The van der Waals surface area contributed by atoms with Crippen molar-refractivity contribution in [1.82, 2.24) is 0 Å². The van der Waals surface area contributed by atoms with E-state index in [9.17, 15) is 0 Å². The van der Waals surface area contributed by atoms with E-state index in [2.05, 4.69) is 155 Å². The van der Waals surface area contributed by atoms with Crippen LogP contribution in [-0.4, -0.2) is 20.1 Å². The molecule has 0 fully saturated rings. The Hall–Kier alpha value is -2.36. The van der Waals surface area contributed by atoms with E-state index in [0.29, 0.717) is 0 Å². The van der Waals surface area contributed by atoms with Crippen LogP contribution in [0.3, 0.4) is 0 Å². The van der Waals surface area contributed by atoms with E-state index in [1.54, 1.807) is 14.2 Å². The Balaban J connectivity index is 1.58. The van der Waals surface area contributed by atoms with Crippen molar-refractivity contribution in [2.75, 3.05) is 14.2 Å². The Morgan fingerprint density at radius 1 is 0.577 bits per heavy atom. The van der Waals surface area contributed by atoms with Gasteiger partial charge in [-0.3, -0.25) is 0 Å². The van der Waals surface area contributed by atoms with Crippen molar-refractivity contribution in [3.05, 3.63) is 116 Å². The number of fused-ring (bicyclic) bond motifs is 2. The number of methoxy groups -OCH3 is 2. The number of rotatable bonds is 7. The van der Waals surface area contributed by atoms with E-state index in [1.807, 2.05) is 0 Å². The molecule has 2 atom stereocenters. The van der Waals surface area contributed by atoms with Crippen molar-refractivity contribution < 1.29 is 25.0 Å². The van der Waals surface area contributed by atoms with E-state index < -0.39 is 21.5 Å². The third-order valence-corrected chi connectivity index (χ3v) is 64.3. The molecule has 4 aromatic rings. The molecule has 0 spiro atoms. The molecule has 0 bridgehead atoms. The molecular weight excluding hydrogens is 775 g/mol. The van der Waals surface area contributed by atoms with Gasteiger partial charge >= 0.3 is 325 Å². The summed E-state index contributed by atoms with van der Waals surface area (Å²) >= 11 is -4.95. The number of ether oxygens (including phenoxy) is 2. The predicted molar refractivity (Wildman–Crippen MR) is 227 cm³/mol. The normalized spacial score (nSPS) is 18.1. The van der Waals surface area contributed by atoms with Gasteiger partial charge in [0.2, 0.25) is 0 Å². The molecule has 0 saturated heterocycles. The van der Waals surface area contributed by atoms with E-state index >= 15 is 0 Å². The van der Waals surface area contributed by atoms with Gasteiger partial charge in [0, 0.05) is 0 Å². The molecule has 0 aromatic heterocycles. The van der Waals surface area contributed by atoms with Gasteiger partial charge in [-0.05, 0) is 0 Å². The summed E-state index contributed by atoms with van der Waals surface area (Å²) < 4.78 is 12.3. The van der Waals surface area contributed by atoms with Gasteiger partial charge in [0.1, 0.15) is 0 Å². The first kappa shape index (κ1) is 39.3. The molecule has 6 rings (SSSR count). The van der Waals surface area contributed by atoms with Gasteiger partial charge in [-0.25, -0.2) is 0 Å². The Morgan fingerprint density at radius 3 is 1.17 bits per heavy atom. The van der Waals surface area contributed by atoms with Crippen LogP contribution < -0.4 is 9.47 Å². The van der Waals surface area contributed by atoms with Crippen LogP contribution in [0.4, 0.5) is 0 Å². The maximum absolute atomic E-state index is 8.67. The summed E-state index contributed by atoms with van der Waals surface area (Å²) in [5, 5.41) is 0. The third kappa shape index (κ3) is 6.17. The zero-order chi connectivity index (χ0) is 38.3. The van der Waals surface area contributed by atoms with Crippen LogP contribution in [0.1, 0.15) is 107 Å². The van der Waals surface area contributed by atoms with E-state index in [4.69, 9.17) is 26.5 Å². The molecule has 0 aliphatic heterocycles. The molecule has 2 nitrogen and oxygen atoms in total. The van der Waals surface area contributed by atoms with Crippen molar-refractivity contribution in [1.29, 1.82) is 0 Å². The number of benzene rings is 4. The van der Waals surface area contributed by atoms with Crippen LogP contribution in [-0.2, 0) is 26.4 Å². The average molecular weight is 832 g/mol. The van der Waals surface area contributed by atoms with Gasteiger partial charge in [-0.15, -0.1) is 0 Å². The summed E-state index contributed by atoms with van der Waals surface area (Å²) in [4.78, 5) is 0. The molecule has 0 amide bonds. The summed E-state index contributed by atoms with van der Waals surface area (Å²) in [6, 6.07) is 22.7. The van der Waals surface area contributed by atoms with Gasteiger partial charge in [-0.1, -0.05) is 0 Å². The summed E-state index contributed by atoms with van der Waals surface area (Å²) in [7, 11) is 20.9. The number of aryl methyl sites for hydroxylation is 2. The van der Waals surface area contributed by atoms with Crippen LogP contribution in [0.5, 0.6) is 11.5 Å². The molecule has 2 aliphatic carbocycles. The summed E-state index contributed by atoms with van der Waals surface area (Å²) in [5.74, 6) is 0.112. The second-order valence-electron chi connectivity index (χ2n) is 17.9. The van der Waals surface area contributed by atoms with Crippen molar-refractivity contribution in [3.63, 3.8) is 0 Å². The van der Waals surface area contributed by atoms with Crippen LogP contribution >= 0.6 is 17.0 Å². The van der Waals surface area contributed by atoms with Crippen LogP contribution in [0, 0.1) is 13.8 Å². The van der Waals surface area contributed by atoms with Gasteiger partial charge in [-0.2, -0.15) is 0 Å². The monoisotopic (exact) mass is 829 g/mol. The molecule has 0 saturated carbocycles. The quantitative estimate of drug-likeness (QED) is 0.173. The zero-order valence-corrected chi connectivity index (χ0v) is 38.9. The molecule has 52 heavy (non-hydrogen) atoms. The molecule has 2 unspecified atom stereocenters. The zero-order valence-electron chi connectivity index (χ0n) is 33.7. The minimum atomic E-state index is -4.95. The molecule has 4 aromatic carbocycles. The Kier molecular flexibility index (Phi) is 10.2. The van der Waals surface area contributed by atoms with Crippen molar-refractivity contribution in [2.24, 2.45) is 0 Å². The average Bonchev–Trinajstić information content (AvgIpc) is 3.58. The topological polar surface area (TPSA) is 18.5 Å². The SMILES string of the molecule is COc1c(C)cc2c(c1-c1ccc(C(C)(C)C)cc1)C=C(C)[CH]2[Zr]([Cl])([Cl])([CH]1C(C)=Cc2c1cc(C)c(OC)c2-c1ccc(C(C)(C)C)cc1)[SiH](C)C. The Bertz CT molecular complexity index is 1980. The molecule has 275 valence electrons. The van der Waals surface area contributed by atoms with Gasteiger partial charge in [0.05, 0.1) is 0 Å². The summed E-state index contributed by atoms with van der Waals surface area (Å²) in [5.41, 5.74) is 17.1. The first-order chi connectivity index (χ1) is 24.1. The third-order valence-electron chi connectivity index (χ3n) is 12.0.